The second-order valence-electron chi connectivity index (χ2n) is 7.55. The molecule has 150 valence electrons. The van der Waals surface area contributed by atoms with Crippen molar-refractivity contribution in [2.45, 2.75) is 38.8 Å². The maximum Gasteiger partial charge on any atom is 0.405 e. The van der Waals surface area contributed by atoms with Gasteiger partial charge in [-0.3, -0.25) is 4.79 Å². The molecular formula is C18H26F3N5O. The predicted octanol–water partition coefficient (Wildman–Crippen LogP) is 2.61. The number of anilines is 2. The van der Waals surface area contributed by atoms with E-state index in [0.29, 0.717) is 18.9 Å². The molecule has 2 saturated heterocycles. The van der Waals surface area contributed by atoms with Crippen LogP contribution in [0.3, 0.4) is 0 Å². The Hall–Kier alpha value is -2.06. The van der Waals surface area contributed by atoms with Crippen molar-refractivity contribution in [3.8, 4) is 0 Å². The van der Waals surface area contributed by atoms with Crippen LogP contribution in [-0.2, 0) is 4.79 Å². The highest BCUT2D eigenvalue weighted by atomic mass is 19.4. The van der Waals surface area contributed by atoms with Gasteiger partial charge in [0.1, 0.15) is 24.5 Å². The number of nitrogens with one attached hydrogen (secondary N) is 1. The van der Waals surface area contributed by atoms with E-state index in [1.807, 2.05) is 16.3 Å². The first-order valence-corrected chi connectivity index (χ1v) is 9.48. The van der Waals surface area contributed by atoms with Crippen molar-refractivity contribution in [1.82, 2.24) is 15.3 Å². The molecular weight excluding hydrogens is 359 g/mol. The fourth-order valence-electron chi connectivity index (χ4n) is 3.81. The average molecular weight is 385 g/mol. The number of halogens is 3. The van der Waals surface area contributed by atoms with Crippen molar-refractivity contribution in [1.29, 1.82) is 0 Å². The predicted molar refractivity (Wildman–Crippen MR) is 96.6 cm³/mol. The molecule has 1 amide bonds. The second-order valence-corrected chi connectivity index (χ2v) is 7.55. The van der Waals surface area contributed by atoms with E-state index in [0.717, 1.165) is 44.1 Å². The number of amides is 1. The largest absolute Gasteiger partial charge is 0.405 e. The van der Waals surface area contributed by atoms with Crippen LogP contribution >= 0.6 is 0 Å². The number of alkyl halides is 3. The molecule has 2 aliphatic heterocycles. The minimum Gasteiger partial charge on any atom is -0.356 e. The Kier molecular flexibility index (Phi) is 6.06. The van der Waals surface area contributed by atoms with E-state index in [2.05, 4.69) is 21.8 Å². The van der Waals surface area contributed by atoms with Gasteiger partial charge in [-0.05, 0) is 31.6 Å². The average Bonchev–Trinajstić information content (AvgIpc) is 2.66. The summed E-state index contributed by atoms with van der Waals surface area (Å²) in [5, 5.41) is 2.00. The first kappa shape index (κ1) is 19.7. The molecule has 0 spiro atoms. The summed E-state index contributed by atoms with van der Waals surface area (Å²) in [5.74, 6) is 1.21. The summed E-state index contributed by atoms with van der Waals surface area (Å²) in [6, 6.07) is 1.92. The highest BCUT2D eigenvalue weighted by Crippen LogP contribution is 2.26. The van der Waals surface area contributed by atoms with Crippen molar-refractivity contribution in [3.05, 3.63) is 12.4 Å². The molecule has 2 aliphatic rings. The lowest BCUT2D eigenvalue weighted by atomic mass is 9.97. The lowest BCUT2D eigenvalue weighted by Crippen LogP contribution is -2.45. The molecule has 0 aliphatic carbocycles. The van der Waals surface area contributed by atoms with E-state index < -0.39 is 24.5 Å². The summed E-state index contributed by atoms with van der Waals surface area (Å²) in [7, 11) is 0. The molecule has 1 N–H and O–H groups in total. The SMILES string of the molecule is CC1CCCN(c2cc(N3CCCC(C(=O)NCC(F)(F)F)C3)ncn2)C1. The zero-order chi connectivity index (χ0) is 19.4. The Morgan fingerprint density at radius 1 is 1.15 bits per heavy atom. The van der Waals surface area contributed by atoms with E-state index in [1.165, 1.54) is 12.7 Å². The number of rotatable bonds is 4. The number of piperidine rings is 2. The van der Waals surface area contributed by atoms with Crippen LogP contribution in [0.1, 0.15) is 32.6 Å². The Labute approximate surface area is 157 Å². The molecule has 3 rings (SSSR count). The first-order valence-electron chi connectivity index (χ1n) is 9.48. The maximum atomic E-state index is 12.3. The molecule has 2 unspecified atom stereocenters. The number of carbonyl (C=O) groups is 1. The minimum atomic E-state index is -4.39. The van der Waals surface area contributed by atoms with Crippen molar-refractivity contribution in [2.75, 3.05) is 42.5 Å². The molecule has 2 atom stereocenters. The van der Waals surface area contributed by atoms with Gasteiger partial charge in [0, 0.05) is 32.2 Å². The van der Waals surface area contributed by atoms with Crippen molar-refractivity contribution < 1.29 is 18.0 Å². The molecule has 1 aromatic rings. The van der Waals surface area contributed by atoms with Crippen LogP contribution in [-0.4, -0.2) is 54.8 Å². The quantitative estimate of drug-likeness (QED) is 0.863. The fourth-order valence-corrected chi connectivity index (χ4v) is 3.81. The van der Waals surface area contributed by atoms with Gasteiger partial charge in [-0.1, -0.05) is 6.92 Å². The summed E-state index contributed by atoms with van der Waals surface area (Å²) < 4.78 is 37.0. The molecule has 9 heteroatoms. The number of aromatic nitrogens is 2. The molecule has 27 heavy (non-hydrogen) atoms. The van der Waals surface area contributed by atoms with Gasteiger partial charge in [0.2, 0.25) is 5.91 Å². The Morgan fingerprint density at radius 3 is 2.41 bits per heavy atom. The lowest BCUT2D eigenvalue weighted by molar-refractivity contribution is -0.140. The highest BCUT2D eigenvalue weighted by molar-refractivity contribution is 5.79. The zero-order valence-corrected chi connectivity index (χ0v) is 15.5. The Balaban J connectivity index is 1.64. The normalized spacial score (nSPS) is 24.0. The van der Waals surface area contributed by atoms with Crippen molar-refractivity contribution >= 4 is 17.5 Å². The molecule has 0 bridgehead atoms. The van der Waals surface area contributed by atoms with E-state index in [9.17, 15) is 18.0 Å². The fraction of sp³-hybridized carbons (Fsp3) is 0.722. The van der Waals surface area contributed by atoms with Gasteiger partial charge in [-0.15, -0.1) is 0 Å². The van der Waals surface area contributed by atoms with E-state index in [1.54, 1.807) is 0 Å². The number of nitrogens with zero attached hydrogens (tertiary/aromatic N) is 4. The van der Waals surface area contributed by atoms with E-state index in [-0.39, 0.29) is 0 Å². The number of hydrogen-bond acceptors (Lipinski definition) is 5. The van der Waals surface area contributed by atoms with Crippen LogP contribution in [0, 0.1) is 11.8 Å². The van der Waals surface area contributed by atoms with Crippen LogP contribution in [0.2, 0.25) is 0 Å². The molecule has 0 aromatic carbocycles. The second kappa shape index (κ2) is 8.31. The summed E-state index contributed by atoms with van der Waals surface area (Å²) in [4.78, 5) is 25.0. The summed E-state index contributed by atoms with van der Waals surface area (Å²) in [5.41, 5.74) is 0. The van der Waals surface area contributed by atoms with E-state index in [4.69, 9.17) is 0 Å². The first-order chi connectivity index (χ1) is 12.8. The van der Waals surface area contributed by atoms with Crippen LogP contribution in [0.5, 0.6) is 0 Å². The summed E-state index contributed by atoms with van der Waals surface area (Å²) in [6.45, 7) is 3.96. The molecule has 0 saturated carbocycles. The standard InChI is InChI=1S/C18H26F3N5O/c1-13-4-2-6-25(9-13)15-8-16(24-12-23-15)26-7-3-5-14(10-26)17(27)22-11-18(19,20)21/h8,12-14H,2-7,9-11H2,1H3,(H,22,27). The summed E-state index contributed by atoms with van der Waals surface area (Å²) in [6.07, 6.45) is 0.807. The van der Waals surface area contributed by atoms with Crippen LogP contribution in [0.15, 0.2) is 12.4 Å². The molecule has 3 heterocycles. The summed E-state index contributed by atoms with van der Waals surface area (Å²) >= 11 is 0. The Bertz CT molecular complexity index is 654. The zero-order valence-electron chi connectivity index (χ0n) is 15.5. The minimum absolute atomic E-state index is 0.372. The number of hydrogen-bond donors (Lipinski definition) is 1. The van der Waals surface area contributed by atoms with E-state index >= 15 is 0 Å². The van der Waals surface area contributed by atoms with Gasteiger partial charge in [-0.2, -0.15) is 13.2 Å². The van der Waals surface area contributed by atoms with Crippen LogP contribution in [0.25, 0.3) is 0 Å². The molecule has 1 aromatic heterocycles. The lowest BCUT2D eigenvalue weighted by Gasteiger charge is -2.34. The highest BCUT2D eigenvalue weighted by Gasteiger charge is 2.32. The monoisotopic (exact) mass is 385 g/mol. The van der Waals surface area contributed by atoms with Gasteiger partial charge in [0.25, 0.3) is 0 Å². The van der Waals surface area contributed by atoms with Gasteiger partial charge in [0.15, 0.2) is 0 Å². The van der Waals surface area contributed by atoms with Gasteiger partial charge in [-0.25, -0.2) is 9.97 Å². The molecule has 6 nitrogen and oxygen atoms in total. The molecule has 2 fully saturated rings. The number of carbonyl (C=O) groups excluding carboxylic acids is 1. The Morgan fingerprint density at radius 2 is 1.78 bits per heavy atom. The van der Waals surface area contributed by atoms with Gasteiger partial charge in [0.05, 0.1) is 5.92 Å². The van der Waals surface area contributed by atoms with Crippen LogP contribution in [0.4, 0.5) is 24.8 Å². The topological polar surface area (TPSA) is 61.4 Å². The maximum absolute atomic E-state index is 12.3. The third-order valence-corrected chi connectivity index (χ3v) is 5.20. The third kappa shape index (κ3) is 5.46. The van der Waals surface area contributed by atoms with Crippen molar-refractivity contribution in [3.63, 3.8) is 0 Å². The molecule has 0 radical (unpaired) electrons. The van der Waals surface area contributed by atoms with Crippen molar-refractivity contribution in [2.24, 2.45) is 11.8 Å². The van der Waals surface area contributed by atoms with Gasteiger partial charge >= 0.3 is 6.18 Å². The smallest absolute Gasteiger partial charge is 0.356 e. The third-order valence-electron chi connectivity index (χ3n) is 5.20. The van der Waals surface area contributed by atoms with Crippen LogP contribution < -0.4 is 15.1 Å². The van der Waals surface area contributed by atoms with Gasteiger partial charge < -0.3 is 15.1 Å².